The third kappa shape index (κ3) is 5.21. The number of ether oxygens (including phenoxy) is 1. The van der Waals surface area contributed by atoms with Gasteiger partial charge in [0.05, 0.1) is 6.54 Å². The number of rotatable bonds is 9. The summed E-state index contributed by atoms with van der Waals surface area (Å²) < 4.78 is 11.1. The number of para-hydroxylation sites is 1. The van der Waals surface area contributed by atoms with E-state index in [4.69, 9.17) is 9.15 Å². The van der Waals surface area contributed by atoms with Crippen LogP contribution in [0.4, 0.5) is 0 Å². The van der Waals surface area contributed by atoms with Crippen LogP contribution in [0, 0.1) is 0 Å². The quantitative estimate of drug-likeness (QED) is 0.612. The molecule has 0 aliphatic heterocycles. The molecule has 0 saturated heterocycles. The normalized spacial score (nSPS) is 10.7. The number of hydrogen-bond donors (Lipinski definition) is 1. The standard InChI is InChI=1S/C19H21N3O2/c1-3-8-16(9-4-1)10-7-13-20-14-18-21-22-19(24-18)15-23-17-11-5-2-6-12-17/h1-6,8-9,11-12,20H,7,10,13-15H2. The highest BCUT2D eigenvalue weighted by Crippen LogP contribution is 2.11. The molecule has 2 aromatic carbocycles. The van der Waals surface area contributed by atoms with Crippen molar-refractivity contribution in [1.82, 2.24) is 15.5 Å². The molecule has 0 spiro atoms. The molecular formula is C19H21N3O2. The summed E-state index contributed by atoms with van der Waals surface area (Å²) in [6.07, 6.45) is 2.13. The predicted octanol–water partition coefficient (Wildman–Crippen LogP) is 3.37. The first-order valence-corrected chi connectivity index (χ1v) is 8.14. The van der Waals surface area contributed by atoms with Crippen molar-refractivity contribution in [2.24, 2.45) is 0 Å². The number of nitrogens with one attached hydrogen (secondary N) is 1. The zero-order valence-corrected chi connectivity index (χ0v) is 13.5. The molecule has 1 N–H and O–H groups in total. The zero-order chi connectivity index (χ0) is 16.5. The van der Waals surface area contributed by atoms with Crippen LogP contribution >= 0.6 is 0 Å². The summed E-state index contributed by atoms with van der Waals surface area (Å²) in [5, 5.41) is 11.3. The Kier molecular flexibility index (Phi) is 5.97. The Morgan fingerprint density at radius 3 is 2.38 bits per heavy atom. The molecule has 0 bridgehead atoms. The Morgan fingerprint density at radius 2 is 1.58 bits per heavy atom. The lowest BCUT2D eigenvalue weighted by Crippen LogP contribution is -2.15. The van der Waals surface area contributed by atoms with Crippen LogP contribution in [0.5, 0.6) is 5.75 Å². The van der Waals surface area contributed by atoms with E-state index in [0.29, 0.717) is 18.3 Å². The van der Waals surface area contributed by atoms with Gasteiger partial charge in [-0.1, -0.05) is 48.5 Å². The lowest BCUT2D eigenvalue weighted by molar-refractivity contribution is 0.258. The van der Waals surface area contributed by atoms with Gasteiger partial charge in [0.25, 0.3) is 5.89 Å². The van der Waals surface area contributed by atoms with Crippen molar-refractivity contribution >= 4 is 0 Å². The number of benzene rings is 2. The van der Waals surface area contributed by atoms with Crippen LogP contribution in [0.15, 0.2) is 65.1 Å². The Labute approximate surface area is 141 Å². The highest BCUT2D eigenvalue weighted by atomic mass is 16.5. The molecule has 0 atom stereocenters. The van der Waals surface area contributed by atoms with Gasteiger partial charge in [-0.15, -0.1) is 10.2 Å². The SMILES string of the molecule is c1ccc(CCCNCc2nnc(COc3ccccc3)o2)cc1. The average Bonchev–Trinajstić information content (AvgIpc) is 3.09. The molecule has 0 saturated carbocycles. The summed E-state index contributed by atoms with van der Waals surface area (Å²) in [7, 11) is 0. The van der Waals surface area contributed by atoms with Crippen molar-refractivity contribution in [3.8, 4) is 5.75 Å². The highest BCUT2D eigenvalue weighted by molar-refractivity contribution is 5.20. The fourth-order valence-electron chi connectivity index (χ4n) is 2.34. The maximum Gasteiger partial charge on any atom is 0.253 e. The highest BCUT2D eigenvalue weighted by Gasteiger charge is 2.06. The molecule has 0 unspecified atom stereocenters. The van der Waals surface area contributed by atoms with Crippen LogP contribution in [0.1, 0.15) is 23.8 Å². The van der Waals surface area contributed by atoms with Crippen LogP contribution < -0.4 is 10.1 Å². The first-order chi connectivity index (χ1) is 11.9. The maximum atomic E-state index is 5.58. The van der Waals surface area contributed by atoms with Crippen LogP contribution in [0.3, 0.4) is 0 Å². The lowest BCUT2D eigenvalue weighted by atomic mass is 10.1. The molecule has 1 heterocycles. The fourth-order valence-corrected chi connectivity index (χ4v) is 2.34. The van der Waals surface area contributed by atoms with Crippen molar-refractivity contribution in [3.63, 3.8) is 0 Å². The van der Waals surface area contributed by atoms with Crippen LogP contribution in [-0.4, -0.2) is 16.7 Å². The van der Waals surface area contributed by atoms with Gasteiger partial charge in [-0.05, 0) is 37.1 Å². The molecule has 24 heavy (non-hydrogen) atoms. The van der Waals surface area contributed by atoms with Gasteiger partial charge >= 0.3 is 0 Å². The lowest BCUT2D eigenvalue weighted by Gasteiger charge is -2.03. The average molecular weight is 323 g/mol. The molecule has 5 nitrogen and oxygen atoms in total. The summed E-state index contributed by atoms with van der Waals surface area (Å²) in [6.45, 7) is 1.77. The zero-order valence-electron chi connectivity index (χ0n) is 13.5. The van der Waals surface area contributed by atoms with Gasteiger partial charge in [-0.2, -0.15) is 0 Å². The molecule has 0 radical (unpaired) electrons. The number of aryl methyl sites for hydroxylation is 1. The second-order valence-corrected chi connectivity index (χ2v) is 5.46. The van der Waals surface area contributed by atoms with E-state index < -0.39 is 0 Å². The second kappa shape index (κ2) is 8.84. The molecule has 3 aromatic rings. The Bertz CT molecular complexity index is 714. The van der Waals surface area contributed by atoms with Crippen molar-refractivity contribution in [1.29, 1.82) is 0 Å². The van der Waals surface area contributed by atoms with Crippen LogP contribution in [-0.2, 0) is 19.6 Å². The molecular weight excluding hydrogens is 302 g/mol. The van der Waals surface area contributed by atoms with E-state index in [1.54, 1.807) is 0 Å². The van der Waals surface area contributed by atoms with Crippen molar-refractivity contribution < 1.29 is 9.15 Å². The summed E-state index contributed by atoms with van der Waals surface area (Å²) >= 11 is 0. The minimum Gasteiger partial charge on any atom is -0.484 e. The largest absolute Gasteiger partial charge is 0.484 e. The maximum absolute atomic E-state index is 5.58. The van der Waals surface area contributed by atoms with E-state index in [1.165, 1.54) is 5.56 Å². The summed E-state index contributed by atoms with van der Waals surface area (Å²) in [5.41, 5.74) is 1.36. The van der Waals surface area contributed by atoms with Gasteiger partial charge in [0.15, 0.2) is 6.61 Å². The topological polar surface area (TPSA) is 60.2 Å². The Morgan fingerprint density at radius 1 is 0.875 bits per heavy atom. The van der Waals surface area contributed by atoms with E-state index in [-0.39, 0.29) is 6.61 Å². The third-order valence-electron chi connectivity index (χ3n) is 3.55. The van der Waals surface area contributed by atoms with Gasteiger partial charge in [-0.3, -0.25) is 0 Å². The monoisotopic (exact) mass is 323 g/mol. The summed E-state index contributed by atoms with van der Waals surface area (Å²) in [5.74, 6) is 1.86. The molecule has 124 valence electrons. The van der Waals surface area contributed by atoms with Gasteiger partial charge in [0.2, 0.25) is 5.89 Å². The second-order valence-electron chi connectivity index (χ2n) is 5.46. The van der Waals surface area contributed by atoms with Crippen molar-refractivity contribution in [2.45, 2.75) is 26.0 Å². The van der Waals surface area contributed by atoms with E-state index in [2.05, 4.69) is 39.8 Å². The number of aromatic nitrogens is 2. The van der Waals surface area contributed by atoms with Crippen LogP contribution in [0.25, 0.3) is 0 Å². The molecule has 0 aliphatic carbocycles. The molecule has 0 fully saturated rings. The fraction of sp³-hybridized carbons (Fsp3) is 0.263. The van der Waals surface area contributed by atoms with Gasteiger partial charge < -0.3 is 14.5 Å². The predicted molar refractivity (Wildman–Crippen MR) is 91.5 cm³/mol. The van der Waals surface area contributed by atoms with E-state index in [9.17, 15) is 0 Å². The summed E-state index contributed by atoms with van der Waals surface area (Å²) in [6, 6.07) is 20.1. The third-order valence-corrected chi connectivity index (χ3v) is 3.55. The first-order valence-electron chi connectivity index (χ1n) is 8.14. The number of nitrogens with zero attached hydrogens (tertiary/aromatic N) is 2. The summed E-state index contributed by atoms with van der Waals surface area (Å²) in [4.78, 5) is 0. The van der Waals surface area contributed by atoms with Gasteiger partial charge in [0.1, 0.15) is 5.75 Å². The minimum atomic E-state index is 0.283. The molecule has 5 heteroatoms. The smallest absolute Gasteiger partial charge is 0.253 e. The van der Waals surface area contributed by atoms with Gasteiger partial charge in [-0.25, -0.2) is 0 Å². The minimum absolute atomic E-state index is 0.283. The van der Waals surface area contributed by atoms with Crippen LogP contribution in [0.2, 0.25) is 0 Å². The molecule has 0 amide bonds. The Balaban J connectivity index is 1.34. The van der Waals surface area contributed by atoms with Gasteiger partial charge in [0, 0.05) is 0 Å². The first kappa shape index (κ1) is 16.2. The van der Waals surface area contributed by atoms with E-state index in [1.807, 2.05) is 36.4 Å². The number of hydrogen-bond acceptors (Lipinski definition) is 5. The molecule has 1 aromatic heterocycles. The molecule has 0 aliphatic rings. The Hall–Kier alpha value is -2.66. The van der Waals surface area contributed by atoms with Crippen molar-refractivity contribution in [2.75, 3.05) is 6.54 Å². The van der Waals surface area contributed by atoms with E-state index >= 15 is 0 Å². The van der Waals surface area contributed by atoms with E-state index in [0.717, 1.165) is 25.1 Å². The van der Waals surface area contributed by atoms with Crippen molar-refractivity contribution in [3.05, 3.63) is 78.0 Å². The molecule has 3 rings (SSSR count).